The summed E-state index contributed by atoms with van der Waals surface area (Å²) in [6.45, 7) is 5.86. The van der Waals surface area contributed by atoms with Gasteiger partial charge in [0.15, 0.2) is 0 Å². The Hall–Kier alpha value is -0.600. The Balaban J connectivity index is 3.40. The number of rotatable bonds is 2. The summed E-state index contributed by atoms with van der Waals surface area (Å²) in [6, 6.07) is 0. The van der Waals surface area contributed by atoms with Crippen LogP contribution in [0.3, 0.4) is 0 Å². The van der Waals surface area contributed by atoms with E-state index in [0.717, 1.165) is 11.8 Å². The Morgan fingerprint density at radius 3 is 2.35 bits per heavy atom. The Morgan fingerprint density at radius 1 is 1.53 bits per heavy atom. The fourth-order valence-electron chi connectivity index (χ4n) is 1.71. The van der Waals surface area contributed by atoms with Gasteiger partial charge >= 0.3 is 0 Å². The minimum absolute atomic E-state index is 0.325. The van der Waals surface area contributed by atoms with Crippen molar-refractivity contribution in [2.45, 2.75) is 42.6 Å². The van der Waals surface area contributed by atoms with Crippen LogP contribution >= 0.6 is 11.8 Å². The maximum absolute atomic E-state index is 11.4. The molecular weight excluding hydrogens is 266 g/mol. The zero-order valence-electron chi connectivity index (χ0n) is 10.00. The fraction of sp³-hybridized carbons (Fsp3) is 0.778. The van der Waals surface area contributed by atoms with Gasteiger partial charge in [-0.2, -0.15) is 8.42 Å². The van der Waals surface area contributed by atoms with Crippen molar-refractivity contribution in [1.29, 1.82) is 0 Å². The monoisotopic (exact) mass is 281 g/mol. The smallest absolute Gasteiger partial charge is 0.285 e. The summed E-state index contributed by atoms with van der Waals surface area (Å²) in [5, 5.41) is 10.4. The molecule has 0 amide bonds. The Bertz CT molecular complexity index is 486. The lowest BCUT2D eigenvalue weighted by atomic mass is 9.99. The van der Waals surface area contributed by atoms with E-state index in [1.165, 1.54) is 26.8 Å². The van der Waals surface area contributed by atoms with Crippen LogP contribution in [0.1, 0.15) is 27.7 Å². The van der Waals surface area contributed by atoms with Crippen LogP contribution in [0.5, 0.6) is 0 Å². The standard InChI is InChI=1S/C9H15NO5S2/c1-6-5-8(3,17(13,14)15)7(2)16-9(6,4)10(11)12/h5,7H,1-4H3,(H,13,14,15). The minimum Gasteiger partial charge on any atom is -0.285 e. The van der Waals surface area contributed by atoms with Crippen LogP contribution in [0.25, 0.3) is 0 Å². The molecule has 17 heavy (non-hydrogen) atoms. The second-order valence-corrected chi connectivity index (χ2v) is 8.05. The van der Waals surface area contributed by atoms with Gasteiger partial charge in [-0.1, -0.05) is 24.8 Å². The van der Waals surface area contributed by atoms with E-state index < -0.39 is 29.9 Å². The molecule has 0 aliphatic carbocycles. The minimum atomic E-state index is -4.30. The van der Waals surface area contributed by atoms with Crippen LogP contribution in [-0.2, 0) is 10.1 Å². The summed E-state index contributed by atoms with van der Waals surface area (Å²) in [5.41, 5.74) is 0.325. The van der Waals surface area contributed by atoms with E-state index in [9.17, 15) is 23.1 Å². The van der Waals surface area contributed by atoms with Gasteiger partial charge in [0.1, 0.15) is 4.75 Å². The van der Waals surface area contributed by atoms with Crippen LogP contribution < -0.4 is 0 Å². The van der Waals surface area contributed by atoms with E-state index in [4.69, 9.17) is 0 Å². The zero-order valence-corrected chi connectivity index (χ0v) is 11.6. The lowest BCUT2D eigenvalue weighted by Gasteiger charge is -2.38. The molecule has 1 aliphatic heterocycles. The molecule has 0 bridgehead atoms. The number of hydrogen-bond acceptors (Lipinski definition) is 5. The van der Waals surface area contributed by atoms with Crippen molar-refractivity contribution in [2.75, 3.05) is 0 Å². The maximum atomic E-state index is 11.4. The molecule has 0 spiro atoms. The highest BCUT2D eigenvalue weighted by Crippen LogP contribution is 2.47. The molecule has 0 fully saturated rings. The molecule has 3 unspecified atom stereocenters. The summed E-state index contributed by atoms with van der Waals surface area (Å²) in [4.78, 5) is 9.24. The fourth-order valence-corrected chi connectivity index (χ4v) is 4.28. The van der Waals surface area contributed by atoms with Crippen molar-refractivity contribution in [3.05, 3.63) is 21.8 Å². The topological polar surface area (TPSA) is 97.5 Å². The van der Waals surface area contributed by atoms with Gasteiger partial charge in [0, 0.05) is 22.7 Å². The molecule has 0 aromatic carbocycles. The summed E-state index contributed by atoms with van der Waals surface area (Å²) >= 11 is 0.932. The van der Waals surface area contributed by atoms with Crippen molar-refractivity contribution < 1.29 is 17.9 Å². The molecule has 6 nitrogen and oxygen atoms in total. The van der Waals surface area contributed by atoms with E-state index in [1.54, 1.807) is 6.92 Å². The van der Waals surface area contributed by atoms with Crippen LogP contribution in [0.15, 0.2) is 11.6 Å². The predicted molar refractivity (Wildman–Crippen MR) is 66.2 cm³/mol. The lowest BCUT2D eigenvalue weighted by Crippen LogP contribution is -2.50. The third kappa shape index (κ3) is 2.09. The van der Waals surface area contributed by atoms with Gasteiger partial charge in [-0.15, -0.1) is 0 Å². The highest BCUT2D eigenvalue weighted by atomic mass is 32.2. The highest BCUT2D eigenvalue weighted by molar-refractivity contribution is 8.02. The first kappa shape index (κ1) is 14.5. The van der Waals surface area contributed by atoms with Gasteiger partial charge in [-0.05, 0) is 13.8 Å². The summed E-state index contributed by atoms with van der Waals surface area (Å²) in [7, 11) is -4.30. The third-order valence-electron chi connectivity index (χ3n) is 3.35. The molecule has 1 heterocycles. The van der Waals surface area contributed by atoms with Crippen molar-refractivity contribution >= 4 is 21.9 Å². The van der Waals surface area contributed by atoms with E-state index >= 15 is 0 Å². The molecule has 1 aliphatic rings. The van der Waals surface area contributed by atoms with Gasteiger partial charge in [0.25, 0.3) is 15.0 Å². The second-order valence-electron chi connectivity index (χ2n) is 4.49. The normalized spacial score (nSPS) is 38.6. The quantitative estimate of drug-likeness (QED) is 0.358. The van der Waals surface area contributed by atoms with Crippen LogP contribution in [-0.4, -0.2) is 32.8 Å². The molecule has 8 heteroatoms. The Labute approximate surface area is 104 Å². The van der Waals surface area contributed by atoms with E-state index in [0.29, 0.717) is 5.57 Å². The molecule has 0 saturated heterocycles. The van der Waals surface area contributed by atoms with Gasteiger partial charge in [0.2, 0.25) is 0 Å². The van der Waals surface area contributed by atoms with Crippen LogP contribution in [0, 0.1) is 10.1 Å². The average Bonchev–Trinajstić information content (AvgIpc) is 2.12. The maximum Gasteiger partial charge on any atom is 0.285 e. The first-order valence-electron chi connectivity index (χ1n) is 4.94. The van der Waals surface area contributed by atoms with Crippen molar-refractivity contribution in [3.8, 4) is 0 Å². The summed E-state index contributed by atoms with van der Waals surface area (Å²) in [6.07, 6.45) is 1.28. The van der Waals surface area contributed by atoms with Crippen LogP contribution in [0.2, 0.25) is 0 Å². The molecule has 0 radical (unpaired) electrons. The molecular formula is C9H15NO5S2. The van der Waals surface area contributed by atoms with Gasteiger partial charge in [-0.25, -0.2) is 0 Å². The van der Waals surface area contributed by atoms with Gasteiger partial charge in [-0.3, -0.25) is 14.7 Å². The Kier molecular flexibility index (Phi) is 3.37. The van der Waals surface area contributed by atoms with Crippen molar-refractivity contribution in [2.24, 2.45) is 0 Å². The van der Waals surface area contributed by atoms with E-state index in [2.05, 4.69) is 0 Å². The number of nitro groups is 1. The molecule has 0 aromatic heterocycles. The molecule has 98 valence electrons. The van der Waals surface area contributed by atoms with Gasteiger partial charge in [0.05, 0.1) is 0 Å². The Morgan fingerprint density at radius 2 is 2.00 bits per heavy atom. The van der Waals surface area contributed by atoms with E-state index in [-0.39, 0.29) is 0 Å². The summed E-state index contributed by atoms with van der Waals surface area (Å²) < 4.78 is 30.5. The van der Waals surface area contributed by atoms with E-state index in [1.807, 2.05) is 0 Å². The largest absolute Gasteiger partial charge is 0.285 e. The van der Waals surface area contributed by atoms with Crippen molar-refractivity contribution in [1.82, 2.24) is 0 Å². The molecule has 3 atom stereocenters. The zero-order chi connectivity index (χ0) is 13.6. The summed E-state index contributed by atoms with van der Waals surface area (Å²) in [5.74, 6) is 0. The molecule has 1 rings (SSSR count). The SMILES string of the molecule is CC1=CC(C)(S(=O)(=O)O)C(C)SC1(C)[N+](=O)[O-]. The lowest BCUT2D eigenvalue weighted by molar-refractivity contribution is -0.523. The van der Waals surface area contributed by atoms with Crippen molar-refractivity contribution in [3.63, 3.8) is 0 Å². The third-order valence-corrected chi connectivity index (χ3v) is 6.86. The highest BCUT2D eigenvalue weighted by Gasteiger charge is 2.54. The number of nitrogens with zero attached hydrogens (tertiary/aromatic N) is 1. The number of hydrogen-bond donors (Lipinski definition) is 1. The first-order valence-corrected chi connectivity index (χ1v) is 7.26. The molecule has 0 saturated carbocycles. The molecule has 1 N–H and O–H groups in total. The van der Waals surface area contributed by atoms with Crippen LogP contribution in [0.4, 0.5) is 0 Å². The van der Waals surface area contributed by atoms with Gasteiger partial charge < -0.3 is 0 Å². The second kappa shape index (κ2) is 3.96. The molecule has 0 aromatic rings. The number of thioether (sulfide) groups is 1. The average molecular weight is 281 g/mol. The predicted octanol–water partition coefficient (Wildman–Crippen LogP) is 1.71. The first-order chi connectivity index (χ1) is 7.45.